The summed E-state index contributed by atoms with van der Waals surface area (Å²) in [5, 5.41) is 9.34. The van der Waals surface area contributed by atoms with Crippen molar-refractivity contribution in [3.05, 3.63) is 60.6 Å². The van der Waals surface area contributed by atoms with Gasteiger partial charge in [0, 0.05) is 58.8 Å². The van der Waals surface area contributed by atoms with Gasteiger partial charge in [0.15, 0.2) is 5.82 Å². The molecule has 9 heteroatoms. The van der Waals surface area contributed by atoms with Gasteiger partial charge in [-0.15, -0.1) is 0 Å². The summed E-state index contributed by atoms with van der Waals surface area (Å²) in [6.45, 7) is 6.51. The molecule has 39 heavy (non-hydrogen) atoms. The number of nitrogens with zero attached hydrogens (tertiary/aromatic N) is 5. The number of piperidine rings is 1. The largest absolute Gasteiger partial charge is 0.366 e. The molecule has 198 valence electrons. The molecule has 0 radical (unpaired) electrons. The lowest BCUT2D eigenvalue weighted by Crippen LogP contribution is -2.49. The van der Waals surface area contributed by atoms with Gasteiger partial charge in [0.25, 0.3) is 0 Å². The van der Waals surface area contributed by atoms with E-state index in [9.17, 15) is 4.39 Å². The molecule has 0 amide bonds. The van der Waals surface area contributed by atoms with Crippen LogP contribution in [0, 0.1) is 11.2 Å². The van der Waals surface area contributed by atoms with Gasteiger partial charge < -0.3 is 15.6 Å². The minimum atomic E-state index is -0.386. The summed E-state index contributed by atoms with van der Waals surface area (Å²) >= 11 is 0. The van der Waals surface area contributed by atoms with E-state index < -0.39 is 0 Å². The first-order valence-corrected chi connectivity index (χ1v) is 13.7. The number of anilines is 1. The molecule has 1 unspecified atom stereocenters. The number of aromatic amines is 1. The van der Waals surface area contributed by atoms with Crippen LogP contribution in [0.5, 0.6) is 0 Å². The number of halogens is 1. The zero-order valence-corrected chi connectivity index (χ0v) is 22.1. The van der Waals surface area contributed by atoms with E-state index >= 15 is 0 Å². The maximum absolute atomic E-state index is 13.9. The maximum Gasteiger partial charge on any atom is 0.163 e. The van der Waals surface area contributed by atoms with E-state index in [4.69, 9.17) is 9.97 Å². The third-order valence-electron chi connectivity index (χ3n) is 8.41. The fraction of sp³-hybridized carbons (Fsp3) is 0.367. The fourth-order valence-electron chi connectivity index (χ4n) is 5.90. The molecule has 1 aliphatic carbocycles. The van der Waals surface area contributed by atoms with E-state index in [0.717, 1.165) is 52.9 Å². The van der Waals surface area contributed by atoms with Crippen LogP contribution in [0.1, 0.15) is 51.0 Å². The second-order valence-electron chi connectivity index (χ2n) is 11.5. The van der Waals surface area contributed by atoms with Crippen LogP contribution >= 0.6 is 0 Å². The van der Waals surface area contributed by atoms with Gasteiger partial charge in [0.05, 0.1) is 17.9 Å². The third-order valence-corrected chi connectivity index (χ3v) is 8.41. The first kappa shape index (κ1) is 24.1. The van der Waals surface area contributed by atoms with Crippen LogP contribution in [-0.2, 0) is 0 Å². The van der Waals surface area contributed by atoms with Gasteiger partial charge in [0.1, 0.15) is 17.3 Å². The van der Waals surface area contributed by atoms with Crippen molar-refractivity contribution in [3.8, 4) is 22.6 Å². The quantitative estimate of drug-likeness (QED) is 0.266. The molecule has 6 heterocycles. The lowest BCUT2D eigenvalue weighted by Gasteiger charge is -2.40. The average Bonchev–Trinajstić information content (AvgIpc) is 3.33. The summed E-state index contributed by atoms with van der Waals surface area (Å²) < 4.78 is 13.9. The van der Waals surface area contributed by atoms with Gasteiger partial charge in [-0.25, -0.2) is 19.3 Å². The Balaban J connectivity index is 1.39. The summed E-state index contributed by atoms with van der Waals surface area (Å²) in [4.78, 5) is 26.7. The predicted octanol–water partition coefficient (Wildman–Crippen LogP) is 5.84. The summed E-state index contributed by atoms with van der Waals surface area (Å²) in [6, 6.07) is 5.63. The Morgan fingerprint density at radius 2 is 1.90 bits per heavy atom. The molecular weight excluding hydrogens is 491 g/mol. The average molecular weight is 523 g/mol. The smallest absolute Gasteiger partial charge is 0.163 e. The molecule has 0 bridgehead atoms. The molecule has 7 rings (SSSR count). The number of H-pyrrole nitrogens is 1. The highest BCUT2D eigenvalue weighted by molar-refractivity contribution is 5.98. The van der Waals surface area contributed by atoms with Gasteiger partial charge in [-0.05, 0) is 60.9 Å². The van der Waals surface area contributed by atoms with Gasteiger partial charge in [-0.3, -0.25) is 9.97 Å². The van der Waals surface area contributed by atoms with Crippen LogP contribution in [0.4, 0.5) is 10.2 Å². The van der Waals surface area contributed by atoms with Crippen LogP contribution in [0.3, 0.4) is 0 Å². The van der Waals surface area contributed by atoms with Crippen LogP contribution in [0.15, 0.2) is 49.2 Å². The second-order valence-corrected chi connectivity index (χ2v) is 11.5. The van der Waals surface area contributed by atoms with Crippen molar-refractivity contribution in [2.45, 2.75) is 51.5 Å². The van der Waals surface area contributed by atoms with E-state index in [0.29, 0.717) is 23.0 Å². The van der Waals surface area contributed by atoms with Gasteiger partial charge in [-0.1, -0.05) is 20.3 Å². The fourth-order valence-corrected chi connectivity index (χ4v) is 5.90. The van der Waals surface area contributed by atoms with Crippen LogP contribution in [-0.4, -0.2) is 49.0 Å². The zero-order valence-electron chi connectivity index (χ0n) is 22.1. The van der Waals surface area contributed by atoms with Gasteiger partial charge in [-0.2, -0.15) is 0 Å². The molecule has 3 N–H and O–H groups in total. The SMILES string of the molecule is CC1(C)CNCCC1Nc1nc(-c2ccnc3[nH]c(-c4cncc(F)c4)cc23)nc2cncc(C3CCC3)c12. The van der Waals surface area contributed by atoms with Crippen LogP contribution < -0.4 is 10.6 Å². The van der Waals surface area contributed by atoms with Crippen molar-refractivity contribution in [1.29, 1.82) is 0 Å². The Morgan fingerprint density at radius 1 is 1.03 bits per heavy atom. The molecule has 1 atom stereocenters. The van der Waals surface area contributed by atoms with E-state index in [2.05, 4.69) is 44.4 Å². The Bertz CT molecular complexity index is 1690. The third kappa shape index (κ3) is 4.30. The van der Waals surface area contributed by atoms with Crippen molar-refractivity contribution >= 4 is 27.8 Å². The van der Waals surface area contributed by atoms with Crippen LogP contribution in [0.25, 0.3) is 44.6 Å². The molecule has 0 spiro atoms. The monoisotopic (exact) mass is 522 g/mol. The normalized spacial score (nSPS) is 19.3. The van der Waals surface area contributed by atoms with Crippen molar-refractivity contribution in [2.75, 3.05) is 18.4 Å². The van der Waals surface area contributed by atoms with Gasteiger partial charge >= 0.3 is 0 Å². The highest BCUT2D eigenvalue weighted by atomic mass is 19.1. The number of hydrogen-bond donors (Lipinski definition) is 3. The molecule has 0 aromatic carbocycles. The topological polar surface area (TPSA) is 104 Å². The van der Waals surface area contributed by atoms with Crippen molar-refractivity contribution in [3.63, 3.8) is 0 Å². The Kier molecular flexibility index (Phi) is 5.77. The predicted molar refractivity (Wildman–Crippen MR) is 151 cm³/mol. The number of fused-ring (bicyclic) bond motifs is 2. The lowest BCUT2D eigenvalue weighted by molar-refractivity contribution is 0.236. The molecular formula is C30H31FN8. The molecule has 1 saturated carbocycles. The summed E-state index contributed by atoms with van der Waals surface area (Å²) in [5.41, 5.74) is 5.08. The minimum Gasteiger partial charge on any atom is -0.366 e. The summed E-state index contributed by atoms with van der Waals surface area (Å²) in [7, 11) is 0. The maximum atomic E-state index is 13.9. The first-order valence-electron chi connectivity index (χ1n) is 13.7. The molecule has 5 aromatic rings. The van der Waals surface area contributed by atoms with Crippen molar-refractivity contribution in [1.82, 2.24) is 35.2 Å². The summed E-state index contributed by atoms with van der Waals surface area (Å²) in [5.74, 6) is 1.59. The first-order chi connectivity index (χ1) is 19.0. The second kappa shape index (κ2) is 9.34. The van der Waals surface area contributed by atoms with Crippen LogP contribution in [0.2, 0.25) is 0 Å². The zero-order chi connectivity index (χ0) is 26.6. The standard InChI is InChI=1S/C30H31FN8/c1-30(2)16-32-8-7-25(30)38-29-26-22(17-4-3-5-17)14-34-15-24(26)37-28(39-29)20-6-9-35-27-21(20)11-23(36-27)18-10-19(31)13-33-12-18/h6,9-15,17,25,32H,3-5,7-8,16H2,1-2H3,(H,35,36)(H,37,38,39). The molecule has 2 fully saturated rings. The molecule has 2 aliphatic rings. The summed E-state index contributed by atoms with van der Waals surface area (Å²) in [6.07, 6.45) is 13.0. The minimum absolute atomic E-state index is 0.0673. The van der Waals surface area contributed by atoms with E-state index in [1.54, 1.807) is 12.4 Å². The Labute approximate surface area is 225 Å². The highest BCUT2D eigenvalue weighted by Gasteiger charge is 2.34. The number of pyridine rings is 3. The molecule has 8 nitrogen and oxygen atoms in total. The number of hydrogen-bond acceptors (Lipinski definition) is 7. The van der Waals surface area contributed by atoms with E-state index in [1.165, 1.54) is 37.1 Å². The molecule has 1 aliphatic heterocycles. The number of nitrogens with one attached hydrogen (secondary N) is 3. The molecule has 5 aromatic heterocycles. The lowest BCUT2D eigenvalue weighted by atomic mass is 9.78. The van der Waals surface area contributed by atoms with E-state index in [1.807, 2.05) is 24.5 Å². The Hall–Kier alpha value is -3.98. The van der Waals surface area contributed by atoms with Crippen molar-refractivity contribution < 1.29 is 4.39 Å². The van der Waals surface area contributed by atoms with Crippen molar-refractivity contribution in [2.24, 2.45) is 5.41 Å². The number of aromatic nitrogens is 6. The Morgan fingerprint density at radius 3 is 2.69 bits per heavy atom. The van der Waals surface area contributed by atoms with E-state index in [-0.39, 0.29) is 17.3 Å². The highest BCUT2D eigenvalue weighted by Crippen LogP contribution is 2.42. The van der Waals surface area contributed by atoms with Gasteiger partial charge in [0.2, 0.25) is 0 Å². The molecule has 1 saturated heterocycles. The number of rotatable bonds is 5.